The number of primary amides is 1. The van der Waals surface area contributed by atoms with Crippen LogP contribution in [0.3, 0.4) is 0 Å². The summed E-state index contributed by atoms with van der Waals surface area (Å²) < 4.78 is 0. The van der Waals surface area contributed by atoms with Crippen LogP contribution in [0.1, 0.15) is 39.7 Å². The molecule has 0 bridgehead atoms. The molecule has 1 rings (SSSR count). The lowest BCUT2D eigenvalue weighted by Crippen LogP contribution is -2.45. The molecule has 1 amide bonds. The minimum Gasteiger partial charge on any atom is -0.370 e. The van der Waals surface area contributed by atoms with E-state index in [1.54, 1.807) is 13.8 Å². The number of anilines is 2. The van der Waals surface area contributed by atoms with E-state index in [1.165, 1.54) is 6.33 Å². The number of carbonyl (C=O) groups excluding carboxylic acids is 1. The van der Waals surface area contributed by atoms with E-state index in [0.29, 0.717) is 5.82 Å². The van der Waals surface area contributed by atoms with Gasteiger partial charge < -0.3 is 16.4 Å². The number of hydrogen-bond acceptors (Lipinski definition) is 5. The summed E-state index contributed by atoms with van der Waals surface area (Å²) in [6, 6.07) is 0. The molecule has 0 fully saturated rings. The summed E-state index contributed by atoms with van der Waals surface area (Å²) in [5.41, 5.74) is 5.48. The van der Waals surface area contributed by atoms with Gasteiger partial charge >= 0.3 is 0 Å². The molecule has 0 saturated carbocycles. The lowest BCUT2D eigenvalue weighted by atomic mass is 10.0. The zero-order chi connectivity index (χ0) is 14.5. The predicted molar refractivity (Wildman–Crippen MR) is 77.1 cm³/mol. The van der Waals surface area contributed by atoms with Gasteiger partial charge in [0.15, 0.2) is 0 Å². The number of hydrogen-bond donors (Lipinski definition) is 3. The molecule has 0 radical (unpaired) electrons. The van der Waals surface area contributed by atoms with E-state index in [2.05, 4.69) is 27.5 Å². The van der Waals surface area contributed by atoms with Crippen LogP contribution in [-0.2, 0) is 11.2 Å². The summed E-state index contributed by atoms with van der Waals surface area (Å²) in [5, 5.41) is 6.35. The van der Waals surface area contributed by atoms with Gasteiger partial charge in [-0.2, -0.15) is 0 Å². The Hall–Kier alpha value is -1.85. The Morgan fingerprint density at radius 2 is 1.95 bits per heavy atom. The van der Waals surface area contributed by atoms with Gasteiger partial charge in [-0.25, -0.2) is 9.97 Å². The van der Waals surface area contributed by atoms with Crippen molar-refractivity contribution < 1.29 is 4.79 Å². The highest BCUT2D eigenvalue weighted by atomic mass is 16.1. The molecule has 0 aliphatic rings. The minimum atomic E-state index is -0.847. The molecule has 0 spiro atoms. The van der Waals surface area contributed by atoms with Gasteiger partial charge in [-0.15, -0.1) is 0 Å². The van der Waals surface area contributed by atoms with Gasteiger partial charge in [0.1, 0.15) is 23.5 Å². The van der Waals surface area contributed by atoms with Crippen molar-refractivity contribution in [1.29, 1.82) is 0 Å². The summed E-state index contributed by atoms with van der Waals surface area (Å²) in [6.07, 6.45) is 3.27. The van der Waals surface area contributed by atoms with Crippen molar-refractivity contribution in [2.24, 2.45) is 5.73 Å². The topological polar surface area (TPSA) is 92.9 Å². The number of nitrogens with one attached hydrogen (secondary N) is 2. The summed E-state index contributed by atoms with van der Waals surface area (Å²) in [6.45, 7) is 8.43. The smallest absolute Gasteiger partial charge is 0.242 e. The first-order valence-electron chi connectivity index (χ1n) is 6.58. The monoisotopic (exact) mass is 265 g/mol. The van der Waals surface area contributed by atoms with Crippen molar-refractivity contribution in [2.75, 3.05) is 17.2 Å². The molecule has 6 heteroatoms. The fourth-order valence-corrected chi connectivity index (χ4v) is 1.61. The summed E-state index contributed by atoms with van der Waals surface area (Å²) in [4.78, 5) is 19.8. The maximum absolute atomic E-state index is 11.4. The Kier molecular flexibility index (Phi) is 5.09. The van der Waals surface area contributed by atoms with Crippen molar-refractivity contribution in [3.05, 3.63) is 11.9 Å². The SMILES string of the molecule is CCCNc1ncnc(NC(C)(C)C(N)=O)c1CC. The second-order valence-corrected chi connectivity index (χ2v) is 4.94. The first-order valence-corrected chi connectivity index (χ1v) is 6.58. The number of rotatable bonds is 7. The van der Waals surface area contributed by atoms with Gasteiger partial charge in [-0.3, -0.25) is 4.79 Å². The maximum atomic E-state index is 11.4. The molecule has 0 atom stereocenters. The molecule has 106 valence electrons. The van der Waals surface area contributed by atoms with Crippen LogP contribution in [0, 0.1) is 0 Å². The Bertz CT molecular complexity index is 445. The molecule has 0 unspecified atom stereocenters. The van der Waals surface area contributed by atoms with Crippen LogP contribution in [0.15, 0.2) is 6.33 Å². The van der Waals surface area contributed by atoms with Crippen molar-refractivity contribution in [3.8, 4) is 0 Å². The Labute approximate surface area is 114 Å². The molecule has 6 nitrogen and oxygen atoms in total. The predicted octanol–water partition coefficient (Wildman–Crippen LogP) is 1.54. The van der Waals surface area contributed by atoms with Crippen LogP contribution in [0.2, 0.25) is 0 Å². The van der Waals surface area contributed by atoms with E-state index >= 15 is 0 Å². The number of carbonyl (C=O) groups is 1. The van der Waals surface area contributed by atoms with E-state index in [4.69, 9.17) is 5.73 Å². The van der Waals surface area contributed by atoms with Gasteiger partial charge in [0.25, 0.3) is 0 Å². The van der Waals surface area contributed by atoms with Crippen molar-refractivity contribution >= 4 is 17.5 Å². The standard InChI is InChI=1S/C13H23N5O/c1-5-7-15-10-9(6-2)11(17-8-16-10)18-13(3,4)12(14)19/h8H,5-7H2,1-4H3,(H2,14,19)(H2,15,16,17,18). The van der Waals surface area contributed by atoms with Crippen molar-refractivity contribution in [3.63, 3.8) is 0 Å². The average molecular weight is 265 g/mol. The maximum Gasteiger partial charge on any atom is 0.242 e. The highest BCUT2D eigenvalue weighted by Gasteiger charge is 2.26. The first kappa shape index (κ1) is 15.2. The molecular weight excluding hydrogens is 242 g/mol. The van der Waals surface area contributed by atoms with Crippen molar-refractivity contribution in [2.45, 2.75) is 46.1 Å². The van der Waals surface area contributed by atoms with E-state index in [-0.39, 0.29) is 0 Å². The van der Waals surface area contributed by atoms with Crippen LogP contribution >= 0.6 is 0 Å². The van der Waals surface area contributed by atoms with E-state index in [1.807, 2.05) is 6.92 Å². The summed E-state index contributed by atoms with van der Waals surface area (Å²) in [7, 11) is 0. The number of aromatic nitrogens is 2. The van der Waals surface area contributed by atoms with Gasteiger partial charge in [0.2, 0.25) is 5.91 Å². The van der Waals surface area contributed by atoms with E-state index in [0.717, 1.165) is 30.8 Å². The second kappa shape index (κ2) is 6.36. The molecule has 1 heterocycles. The summed E-state index contributed by atoms with van der Waals surface area (Å²) >= 11 is 0. The average Bonchev–Trinajstić information content (AvgIpc) is 2.35. The molecular formula is C13H23N5O. The van der Waals surface area contributed by atoms with Gasteiger partial charge in [0.05, 0.1) is 0 Å². The molecule has 1 aromatic heterocycles. The Morgan fingerprint density at radius 3 is 2.47 bits per heavy atom. The van der Waals surface area contributed by atoms with E-state index in [9.17, 15) is 4.79 Å². The van der Waals surface area contributed by atoms with Crippen molar-refractivity contribution in [1.82, 2.24) is 9.97 Å². The zero-order valence-corrected chi connectivity index (χ0v) is 12.1. The lowest BCUT2D eigenvalue weighted by Gasteiger charge is -2.25. The van der Waals surface area contributed by atoms with Crippen LogP contribution < -0.4 is 16.4 Å². The summed E-state index contributed by atoms with van der Waals surface area (Å²) in [5.74, 6) is 1.04. The van der Waals surface area contributed by atoms with Crippen LogP contribution in [0.5, 0.6) is 0 Å². The third-order valence-electron chi connectivity index (χ3n) is 2.89. The Balaban J connectivity index is 3.04. The zero-order valence-electron chi connectivity index (χ0n) is 12.1. The molecule has 0 saturated heterocycles. The Morgan fingerprint density at radius 1 is 1.32 bits per heavy atom. The highest BCUT2D eigenvalue weighted by Crippen LogP contribution is 2.23. The molecule has 19 heavy (non-hydrogen) atoms. The lowest BCUT2D eigenvalue weighted by molar-refractivity contribution is -0.121. The number of nitrogens with two attached hydrogens (primary N) is 1. The first-order chi connectivity index (χ1) is 8.92. The van der Waals surface area contributed by atoms with Crippen LogP contribution in [0.4, 0.5) is 11.6 Å². The fourth-order valence-electron chi connectivity index (χ4n) is 1.61. The van der Waals surface area contributed by atoms with Gasteiger partial charge in [-0.05, 0) is 26.7 Å². The molecule has 0 aliphatic carbocycles. The normalized spacial score (nSPS) is 11.2. The van der Waals surface area contributed by atoms with Gasteiger partial charge in [0, 0.05) is 12.1 Å². The van der Waals surface area contributed by atoms with Gasteiger partial charge in [-0.1, -0.05) is 13.8 Å². The molecule has 4 N–H and O–H groups in total. The quantitative estimate of drug-likeness (QED) is 0.695. The number of amides is 1. The third kappa shape index (κ3) is 3.81. The highest BCUT2D eigenvalue weighted by molar-refractivity contribution is 5.87. The van der Waals surface area contributed by atoms with E-state index < -0.39 is 11.4 Å². The molecule has 0 aromatic carbocycles. The second-order valence-electron chi connectivity index (χ2n) is 4.94. The minimum absolute atomic E-state index is 0.420. The molecule has 0 aliphatic heterocycles. The fraction of sp³-hybridized carbons (Fsp3) is 0.615. The number of nitrogens with zero attached hydrogens (tertiary/aromatic N) is 2. The third-order valence-corrected chi connectivity index (χ3v) is 2.89. The van der Waals surface area contributed by atoms with Crippen LogP contribution in [-0.4, -0.2) is 28.0 Å². The van der Waals surface area contributed by atoms with Crippen LogP contribution in [0.25, 0.3) is 0 Å². The largest absolute Gasteiger partial charge is 0.370 e. The molecule has 1 aromatic rings.